The van der Waals surface area contributed by atoms with Crippen LogP contribution in [0.2, 0.25) is 0 Å². The molecule has 6 heteroatoms. The second-order valence-corrected chi connectivity index (χ2v) is 6.95. The lowest BCUT2D eigenvalue weighted by atomic mass is 10.1. The molecule has 1 aliphatic heterocycles. The van der Waals surface area contributed by atoms with E-state index in [1.807, 2.05) is 43.3 Å². The van der Waals surface area contributed by atoms with Crippen molar-refractivity contribution in [3.05, 3.63) is 88.9 Å². The monoisotopic (exact) mass is 392 g/mol. The highest BCUT2D eigenvalue weighted by molar-refractivity contribution is 5.98. The van der Waals surface area contributed by atoms with E-state index in [0.717, 1.165) is 17.0 Å². The smallest absolute Gasteiger partial charge is 0.255 e. The van der Waals surface area contributed by atoms with E-state index in [1.54, 1.807) is 24.1 Å². The first kappa shape index (κ1) is 18.9. The van der Waals surface area contributed by atoms with Gasteiger partial charge in [-0.25, -0.2) is 9.37 Å². The molecule has 0 saturated heterocycles. The zero-order valence-electron chi connectivity index (χ0n) is 16.3. The summed E-state index contributed by atoms with van der Waals surface area (Å²) < 4.78 is 24.8. The van der Waals surface area contributed by atoms with Gasteiger partial charge in [-0.2, -0.15) is 0 Å². The Labute approximate surface area is 168 Å². The number of hydrogen-bond donors (Lipinski definition) is 0. The maximum Gasteiger partial charge on any atom is 0.255 e. The lowest BCUT2D eigenvalue weighted by Gasteiger charge is -2.28. The standard InChI is InChI=1S/C23H21FN2O3/c1-15-4-3-5-22(25-15)29-14-21(16-6-9-19(28-2)10-7-16)26-13-17-12-18(24)8-11-20(17)23(26)27/h3-12,21H,13-14H2,1-2H3. The van der Waals surface area contributed by atoms with Crippen molar-refractivity contribution in [3.63, 3.8) is 0 Å². The summed E-state index contributed by atoms with van der Waals surface area (Å²) in [6.45, 7) is 2.45. The Morgan fingerprint density at radius 3 is 2.66 bits per heavy atom. The molecule has 0 N–H and O–H groups in total. The van der Waals surface area contributed by atoms with Crippen molar-refractivity contribution in [1.82, 2.24) is 9.88 Å². The molecule has 0 saturated carbocycles. The fourth-order valence-electron chi connectivity index (χ4n) is 3.52. The Kier molecular flexibility index (Phi) is 5.16. The van der Waals surface area contributed by atoms with Gasteiger partial charge in [-0.3, -0.25) is 4.79 Å². The second-order valence-electron chi connectivity index (χ2n) is 6.95. The van der Waals surface area contributed by atoms with Crippen LogP contribution < -0.4 is 9.47 Å². The van der Waals surface area contributed by atoms with Crippen molar-refractivity contribution in [3.8, 4) is 11.6 Å². The third-order valence-electron chi connectivity index (χ3n) is 5.03. The van der Waals surface area contributed by atoms with Crippen LogP contribution >= 0.6 is 0 Å². The quantitative estimate of drug-likeness (QED) is 0.627. The van der Waals surface area contributed by atoms with Gasteiger partial charge < -0.3 is 14.4 Å². The average Bonchev–Trinajstić information content (AvgIpc) is 3.04. The highest BCUT2D eigenvalue weighted by Gasteiger charge is 2.34. The number of methoxy groups -OCH3 is 1. The van der Waals surface area contributed by atoms with Crippen molar-refractivity contribution >= 4 is 5.91 Å². The molecule has 2 aromatic carbocycles. The molecule has 0 fully saturated rings. The first-order chi connectivity index (χ1) is 14.0. The van der Waals surface area contributed by atoms with Crippen LogP contribution in [0, 0.1) is 12.7 Å². The van der Waals surface area contributed by atoms with Crippen LogP contribution in [0.5, 0.6) is 11.6 Å². The molecule has 29 heavy (non-hydrogen) atoms. The summed E-state index contributed by atoms with van der Waals surface area (Å²) in [7, 11) is 1.61. The molecule has 4 rings (SSSR count). The molecule has 0 bridgehead atoms. The molecule has 1 aromatic heterocycles. The van der Waals surface area contributed by atoms with Gasteiger partial charge in [-0.15, -0.1) is 0 Å². The summed E-state index contributed by atoms with van der Waals surface area (Å²) >= 11 is 0. The molecule has 148 valence electrons. The molecule has 5 nitrogen and oxygen atoms in total. The number of aromatic nitrogens is 1. The van der Waals surface area contributed by atoms with Gasteiger partial charge in [0.25, 0.3) is 5.91 Å². The molecule has 1 atom stereocenters. The Bertz CT molecular complexity index is 1040. The first-order valence-electron chi connectivity index (χ1n) is 9.35. The molecule has 1 aliphatic rings. The molecule has 3 aromatic rings. The highest BCUT2D eigenvalue weighted by atomic mass is 19.1. The number of benzene rings is 2. The fourth-order valence-corrected chi connectivity index (χ4v) is 3.52. The zero-order valence-corrected chi connectivity index (χ0v) is 16.3. The summed E-state index contributed by atoms with van der Waals surface area (Å²) in [6, 6.07) is 17.0. The van der Waals surface area contributed by atoms with Crippen molar-refractivity contribution in [2.24, 2.45) is 0 Å². The molecule has 0 radical (unpaired) electrons. The molecule has 0 aliphatic carbocycles. The minimum absolute atomic E-state index is 0.137. The maximum absolute atomic E-state index is 13.7. The van der Waals surface area contributed by atoms with E-state index >= 15 is 0 Å². The largest absolute Gasteiger partial charge is 0.497 e. The number of amides is 1. The molecule has 2 heterocycles. The minimum Gasteiger partial charge on any atom is -0.497 e. The van der Waals surface area contributed by atoms with E-state index in [9.17, 15) is 9.18 Å². The van der Waals surface area contributed by atoms with Crippen LogP contribution in [-0.2, 0) is 6.54 Å². The Morgan fingerprint density at radius 1 is 1.14 bits per heavy atom. The predicted octanol–water partition coefficient (Wildman–Crippen LogP) is 4.31. The van der Waals surface area contributed by atoms with Crippen LogP contribution in [0.3, 0.4) is 0 Å². The number of rotatable bonds is 6. The van der Waals surface area contributed by atoms with Crippen molar-refractivity contribution < 1.29 is 18.7 Å². The average molecular weight is 392 g/mol. The number of nitrogens with zero attached hydrogens (tertiary/aromatic N) is 2. The number of aryl methyl sites for hydroxylation is 1. The third-order valence-corrected chi connectivity index (χ3v) is 5.03. The van der Waals surface area contributed by atoms with E-state index in [-0.39, 0.29) is 24.4 Å². The van der Waals surface area contributed by atoms with E-state index < -0.39 is 0 Å². The lowest BCUT2D eigenvalue weighted by Crippen LogP contribution is -2.33. The summed E-state index contributed by atoms with van der Waals surface area (Å²) in [5, 5.41) is 0. The van der Waals surface area contributed by atoms with E-state index in [1.165, 1.54) is 12.1 Å². The lowest BCUT2D eigenvalue weighted by molar-refractivity contribution is 0.0632. The van der Waals surface area contributed by atoms with E-state index in [2.05, 4.69) is 4.98 Å². The maximum atomic E-state index is 13.7. The van der Waals surface area contributed by atoms with Crippen LogP contribution in [-0.4, -0.2) is 29.5 Å². The number of carbonyl (C=O) groups excluding carboxylic acids is 1. The molecular formula is C23H21FN2O3. The highest BCUT2D eigenvalue weighted by Crippen LogP contribution is 2.33. The Morgan fingerprint density at radius 2 is 1.93 bits per heavy atom. The van der Waals surface area contributed by atoms with Gasteiger partial charge in [0.05, 0.1) is 13.2 Å². The number of ether oxygens (including phenoxy) is 2. The van der Waals surface area contributed by atoms with Gasteiger partial charge in [0.2, 0.25) is 5.88 Å². The number of fused-ring (bicyclic) bond motifs is 1. The van der Waals surface area contributed by atoms with Crippen molar-refractivity contribution in [2.45, 2.75) is 19.5 Å². The topological polar surface area (TPSA) is 51.7 Å². The van der Waals surface area contributed by atoms with Crippen LogP contribution in [0.15, 0.2) is 60.7 Å². The van der Waals surface area contributed by atoms with E-state index in [4.69, 9.17) is 9.47 Å². The zero-order chi connectivity index (χ0) is 20.4. The number of hydrogen-bond acceptors (Lipinski definition) is 4. The normalized spacial score (nSPS) is 13.9. The Hall–Kier alpha value is -3.41. The number of carbonyl (C=O) groups is 1. The fraction of sp³-hybridized carbons (Fsp3) is 0.217. The van der Waals surface area contributed by atoms with E-state index in [0.29, 0.717) is 23.6 Å². The van der Waals surface area contributed by atoms with Crippen LogP contribution in [0.4, 0.5) is 4.39 Å². The summed E-state index contributed by atoms with van der Waals surface area (Å²) in [5.74, 6) is 0.742. The molecular weight excluding hydrogens is 371 g/mol. The minimum atomic E-state index is -0.355. The van der Waals surface area contributed by atoms with Gasteiger partial charge in [-0.05, 0) is 54.4 Å². The third kappa shape index (κ3) is 3.92. The Balaban J connectivity index is 1.63. The molecule has 1 amide bonds. The van der Waals surface area contributed by atoms with Gasteiger partial charge in [0.15, 0.2) is 0 Å². The molecule has 1 unspecified atom stereocenters. The van der Waals surface area contributed by atoms with Crippen LogP contribution in [0.25, 0.3) is 0 Å². The predicted molar refractivity (Wildman–Crippen MR) is 106 cm³/mol. The van der Waals surface area contributed by atoms with Gasteiger partial charge in [0, 0.05) is 23.9 Å². The van der Waals surface area contributed by atoms with Gasteiger partial charge in [-0.1, -0.05) is 18.2 Å². The number of halogens is 1. The van der Waals surface area contributed by atoms with Crippen molar-refractivity contribution in [1.29, 1.82) is 0 Å². The second kappa shape index (κ2) is 7.91. The van der Waals surface area contributed by atoms with Crippen LogP contribution in [0.1, 0.15) is 33.2 Å². The SMILES string of the molecule is COc1ccc(C(COc2cccc(C)n2)N2Cc3cc(F)ccc3C2=O)cc1. The van der Waals surface area contributed by atoms with Gasteiger partial charge >= 0.3 is 0 Å². The number of pyridine rings is 1. The molecule has 0 spiro atoms. The summed E-state index contributed by atoms with van der Waals surface area (Å²) in [6.07, 6.45) is 0. The summed E-state index contributed by atoms with van der Waals surface area (Å²) in [4.78, 5) is 19.1. The van der Waals surface area contributed by atoms with Crippen molar-refractivity contribution in [2.75, 3.05) is 13.7 Å². The first-order valence-corrected chi connectivity index (χ1v) is 9.35. The summed E-state index contributed by atoms with van der Waals surface area (Å²) in [5.41, 5.74) is 2.96. The van der Waals surface area contributed by atoms with Gasteiger partial charge in [0.1, 0.15) is 18.2 Å².